The molecule has 0 unspecified atom stereocenters. The predicted molar refractivity (Wildman–Crippen MR) is 197 cm³/mol. The maximum atomic E-state index is 13.5. The van der Waals surface area contributed by atoms with Gasteiger partial charge in [-0.05, 0) is 88.1 Å². The van der Waals surface area contributed by atoms with Gasteiger partial charge in [-0.1, -0.05) is 104 Å². The van der Waals surface area contributed by atoms with E-state index >= 15 is 0 Å². The van der Waals surface area contributed by atoms with Crippen molar-refractivity contribution < 1.29 is 19.1 Å². The second-order valence-electron chi connectivity index (χ2n) is 11.6. The first-order valence-electron chi connectivity index (χ1n) is 16.4. The summed E-state index contributed by atoms with van der Waals surface area (Å²) in [6.45, 7) is 19.8. The van der Waals surface area contributed by atoms with Crippen molar-refractivity contribution in [3.05, 3.63) is 125 Å². The summed E-state index contributed by atoms with van der Waals surface area (Å²) in [5.74, 6) is 0.0727. The van der Waals surface area contributed by atoms with Gasteiger partial charge < -0.3 is 15.2 Å². The number of carbonyl (C=O) groups is 2. The lowest BCUT2D eigenvalue weighted by Gasteiger charge is -2.45. The number of aliphatic imine (C=N–C) groups is 1. The van der Waals surface area contributed by atoms with Crippen molar-refractivity contribution in [2.24, 2.45) is 10.4 Å². The van der Waals surface area contributed by atoms with E-state index in [1.165, 1.54) is 52.8 Å². The van der Waals surface area contributed by atoms with Crippen molar-refractivity contribution in [3.8, 4) is 0 Å². The fraction of sp³-hybridized carbons (Fsp3) is 0.390. The molecule has 2 fully saturated rings. The SMILES string of the molecule is C=CC1=C(C)C=C2CC[C@H](NC3CC3)C[C@@]2(C(=O)C2=NC=CC2)C1.C=Cc1ccc(C)cc1.C=O.CC.CO.Cc1ccc(F)cc1. The van der Waals surface area contributed by atoms with Crippen LogP contribution in [0.4, 0.5) is 4.39 Å². The second kappa shape index (κ2) is 21.7. The molecule has 2 aromatic carbocycles. The van der Waals surface area contributed by atoms with Gasteiger partial charge in [-0.2, -0.15) is 0 Å². The number of fused-ring (bicyclic) bond motifs is 1. The van der Waals surface area contributed by atoms with Crippen LogP contribution in [0.5, 0.6) is 0 Å². The summed E-state index contributed by atoms with van der Waals surface area (Å²) in [5.41, 5.74) is 7.69. The van der Waals surface area contributed by atoms with E-state index in [1.54, 1.807) is 18.3 Å². The zero-order chi connectivity index (χ0) is 35.4. The van der Waals surface area contributed by atoms with Gasteiger partial charge >= 0.3 is 0 Å². The number of benzene rings is 2. The highest BCUT2D eigenvalue weighted by molar-refractivity contribution is 6.43. The zero-order valence-electron chi connectivity index (χ0n) is 29.3. The Hall–Kier alpha value is -4.00. The largest absolute Gasteiger partial charge is 0.400 e. The summed E-state index contributed by atoms with van der Waals surface area (Å²) in [5, 5.41) is 10.8. The van der Waals surface area contributed by atoms with Gasteiger partial charge in [0.15, 0.2) is 5.78 Å². The molecule has 6 heteroatoms. The molecule has 0 aromatic heterocycles. The van der Waals surface area contributed by atoms with Gasteiger partial charge in [0, 0.05) is 31.8 Å². The van der Waals surface area contributed by atoms with Crippen LogP contribution in [0.3, 0.4) is 0 Å². The number of hydrogen-bond donors (Lipinski definition) is 2. The lowest BCUT2D eigenvalue weighted by atomic mass is 9.59. The van der Waals surface area contributed by atoms with E-state index in [0.29, 0.717) is 18.5 Å². The van der Waals surface area contributed by atoms with Gasteiger partial charge in [0.1, 0.15) is 12.6 Å². The Bertz CT molecular complexity index is 1380. The van der Waals surface area contributed by atoms with E-state index in [-0.39, 0.29) is 11.6 Å². The molecular weight excluding hydrogens is 587 g/mol. The molecule has 2 N–H and O–H groups in total. The van der Waals surface area contributed by atoms with Crippen LogP contribution >= 0.6 is 0 Å². The maximum absolute atomic E-state index is 13.5. The number of aliphatic hydroxyl groups excluding tert-OH is 1. The molecule has 3 aliphatic carbocycles. The van der Waals surface area contributed by atoms with Gasteiger partial charge in [-0.3, -0.25) is 9.79 Å². The van der Waals surface area contributed by atoms with Crippen LogP contribution < -0.4 is 5.32 Å². The van der Waals surface area contributed by atoms with Crippen molar-refractivity contribution in [1.29, 1.82) is 0 Å². The predicted octanol–water partition coefficient (Wildman–Crippen LogP) is 9.26. The Morgan fingerprint density at radius 2 is 1.49 bits per heavy atom. The van der Waals surface area contributed by atoms with Gasteiger partial charge in [0.25, 0.3) is 0 Å². The van der Waals surface area contributed by atoms with Crippen LogP contribution in [0, 0.1) is 25.1 Å². The normalized spacial score (nSPS) is 20.1. The number of nitrogens with one attached hydrogen (secondary N) is 1. The number of aliphatic hydroxyl groups is 1. The van der Waals surface area contributed by atoms with Gasteiger partial charge in [-0.15, -0.1) is 0 Å². The Morgan fingerprint density at radius 1 is 0.915 bits per heavy atom. The minimum Gasteiger partial charge on any atom is -0.400 e. The molecular formula is C41H55FN2O3. The molecule has 6 rings (SSSR count). The minimum atomic E-state index is -0.404. The summed E-state index contributed by atoms with van der Waals surface area (Å²) in [6.07, 6.45) is 16.9. The molecule has 0 amide bonds. The van der Waals surface area contributed by atoms with E-state index in [4.69, 9.17) is 9.90 Å². The monoisotopic (exact) mass is 642 g/mol. The molecule has 0 bridgehead atoms. The topological polar surface area (TPSA) is 78.8 Å². The lowest BCUT2D eigenvalue weighted by molar-refractivity contribution is -0.121. The Morgan fingerprint density at radius 3 is 1.96 bits per heavy atom. The smallest absolute Gasteiger partial charge is 0.187 e. The molecule has 1 heterocycles. The Balaban J connectivity index is 0.000000395. The second-order valence-corrected chi connectivity index (χ2v) is 11.6. The first-order valence-corrected chi connectivity index (χ1v) is 16.4. The van der Waals surface area contributed by atoms with E-state index in [9.17, 15) is 9.18 Å². The van der Waals surface area contributed by atoms with Gasteiger partial charge in [0.2, 0.25) is 0 Å². The van der Waals surface area contributed by atoms with E-state index in [1.807, 2.05) is 45.8 Å². The number of hydrogen-bond acceptors (Lipinski definition) is 5. The Labute approximate surface area is 282 Å². The molecule has 0 saturated heterocycles. The highest BCUT2D eigenvalue weighted by Crippen LogP contribution is 2.51. The zero-order valence-corrected chi connectivity index (χ0v) is 29.3. The summed E-state index contributed by atoms with van der Waals surface area (Å²) in [7, 11) is 1.00. The molecule has 0 radical (unpaired) electrons. The van der Waals surface area contributed by atoms with Gasteiger partial charge in [-0.25, -0.2) is 4.39 Å². The molecule has 0 spiro atoms. The van der Waals surface area contributed by atoms with E-state index < -0.39 is 5.41 Å². The minimum absolute atomic E-state index is 0.171. The Kier molecular flexibility index (Phi) is 19.0. The highest BCUT2D eigenvalue weighted by Gasteiger charge is 2.49. The number of allylic oxidation sites excluding steroid dienone is 6. The molecule has 47 heavy (non-hydrogen) atoms. The lowest BCUT2D eigenvalue weighted by Crippen LogP contribution is -2.48. The van der Waals surface area contributed by atoms with Crippen LogP contribution in [0.15, 0.2) is 108 Å². The third-order valence-electron chi connectivity index (χ3n) is 8.32. The van der Waals surface area contributed by atoms with Crippen LogP contribution in [0.25, 0.3) is 6.08 Å². The standard InChI is InChI=1S/C21H26N2O.C9H10.C7H7F.C2H6.CH4O.CH2O/c1-3-15-12-21(20(24)19-5-4-10-22-19)13-18(23-17-8-9-17)7-6-16(21)11-14(15)2;1-3-9-6-4-8(2)5-7-9;1-6-2-4-7(8)5-3-6;3*1-2/h3-4,10-11,17-18,23H,1,5-9,12-13H2,2H3;3-7H,1H2,2H3;2-5H,1H3;1-2H3;2H,1H3;1H2/t18-,21-;;;;;/m0...../s1. The van der Waals surface area contributed by atoms with Crippen LogP contribution in [-0.2, 0) is 9.59 Å². The van der Waals surface area contributed by atoms with Gasteiger partial charge in [0.05, 0.1) is 11.1 Å². The quantitative estimate of drug-likeness (QED) is 0.329. The molecule has 5 nitrogen and oxygen atoms in total. The molecule has 2 aromatic rings. The third-order valence-corrected chi connectivity index (χ3v) is 8.32. The summed E-state index contributed by atoms with van der Waals surface area (Å²) in [4.78, 5) is 25.8. The van der Waals surface area contributed by atoms with E-state index in [0.717, 1.165) is 44.1 Å². The summed E-state index contributed by atoms with van der Waals surface area (Å²) >= 11 is 0. The third kappa shape index (κ3) is 12.6. The first kappa shape index (κ1) is 41.0. The van der Waals surface area contributed by atoms with Crippen LogP contribution in [0.1, 0.15) is 82.4 Å². The first-order chi connectivity index (χ1) is 22.7. The molecule has 2 saturated carbocycles. The number of halogens is 1. The van der Waals surface area contributed by atoms with E-state index in [2.05, 4.69) is 67.7 Å². The molecule has 1 aliphatic heterocycles. The van der Waals surface area contributed by atoms with Crippen LogP contribution in [0.2, 0.25) is 0 Å². The summed E-state index contributed by atoms with van der Waals surface area (Å²) in [6, 6.07) is 15.8. The van der Waals surface area contributed by atoms with Crippen molar-refractivity contribution >= 4 is 24.4 Å². The average Bonchev–Trinajstić information content (AvgIpc) is 3.76. The number of aryl methyl sites for hydroxylation is 2. The number of Topliss-reactive ketones (excluding diaryl/α,β-unsaturated/α-hetero) is 1. The van der Waals surface area contributed by atoms with Crippen molar-refractivity contribution in [1.82, 2.24) is 5.32 Å². The van der Waals surface area contributed by atoms with Crippen molar-refractivity contribution in [2.45, 2.75) is 91.6 Å². The average molecular weight is 643 g/mol. The fourth-order valence-corrected chi connectivity index (χ4v) is 5.74. The van der Waals surface area contributed by atoms with Crippen molar-refractivity contribution in [2.75, 3.05) is 7.11 Å². The van der Waals surface area contributed by atoms with Crippen LogP contribution in [-0.4, -0.2) is 42.6 Å². The highest BCUT2D eigenvalue weighted by atomic mass is 19.1. The number of carbonyl (C=O) groups excluding carboxylic acids is 2. The number of ketones is 1. The number of nitrogens with zero attached hydrogens (tertiary/aromatic N) is 1. The molecule has 4 aliphatic rings. The fourth-order valence-electron chi connectivity index (χ4n) is 5.74. The van der Waals surface area contributed by atoms with Crippen molar-refractivity contribution in [3.63, 3.8) is 0 Å². The maximum Gasteiger partial charge on any atom is 0.187 e. The summed E-state index contributed by atoms with van der Waals surface area (Å²) < 4.78 is 12.1. The molecule has 254 valence electrons. The number of rotatable bonds is 6. The molecule has 2 atom stereocenters.